The Labute approximate surface area is 360 Å². The Balaban J connectivity index is 4.17. The van der Waals surface area contributed by atoms with Crippen LogP contribution in [0.3, 0.4) is 0 Å². The van der Waals surface area contributed by atoms with Gasteiger partial charge in [0.25, 0.3) is 0 Å². The van der Waals surface area contributed by atoms with Crippen molar-refractivity contribution in [1.82, 2.24) is 0 Å². The Morgan fingerprint density at radius 2 is 0.776 bits per heavy atom. The molecule has 0 amide bonds. The quantitative estimate of drug-likeness (QED) is 0.0348. The summed E-state index contributed by atoms with van der Waals surface area (Å²) in [6, 6.07) is 0. The molecule has 1 unspecified atom stereocenters. The third kappa shape index (κ3) is 46.3. The van der Waals surface area contributed by atoms with E-state index in [2.05, 4.69) is 81.5 Å². The van der Waals surface area contributed by atoms with E-state index >= 15 is 0 Å². The molecule has 0 radical (unpaired) electrons. The standard InChI is InChI=1S/C53H94O5/c1-4-7-10-13-16-19-21-23-25-26-27-28-30-31-33-35-37-40-43-46-52(54)57-50-51(49-56-48-45-42-39-18-15-12-9-6-3)58-53(55)47-44-41-38-36-34-32-29-24-22-20-17-14-11-8-5-2/h8,11,16-17,19-20,23-25,29,51H,4-7,9-10,12-15,18,21-22,26-28,30-50H2,1-3H3/b11-8-,19-16-,20-17-,25-23-,29-24-. The lowest BCUT2D eigenvalue weighted by molar-refractivity contribution is -0.163. The number of hydrogen-bond acceptors (Lipinski definition) is 5. The largest absolute Gasteiger partial charge is 0.462 e. The first-order valence-electron chi connectivity index (χ1n) is 24.8. The van der Waals surface area contributed by atoms with Crippen LogP contribution in [0.25, 0.3) is 0 Å². The summed E-state index contributed by atoms with van der Waals surface area (Å²) in [4.78, 5) is 25.3. The van der Waals surface area contributed by atoms with Gasteiger partial charge < -0.3 is 14.2 Å². The minimum absolute atomic E-state index is 0.0766. The smallest absolute Gasteiger partial charge is 0.306 e. The van der Waals surface area contributed by atoms with Crippen molar-refractivity contribution >= 4 is 11.9 Å². The minimum atomic E-state index is -0.543. The van der Waals surface area contributed by atoms with Crippen LogP contribution in [-0.2, 0) is 23.8 Å². The van der Waals surface area contributed by atoms with Crippen molar-refractivity contribution in [3.63, 3.8) is 0 Å². The molecule has 0 aromatic rings. The highest BCUT2D eigenvalue weighted by atomic mass is 16.6. The molecule has 0 fully saturated rings. The third-order valence-electron chi connectivity index (χ3n) is 10.5. The van der Waals surface area contributed by atoms with Gasteiger partial charge in [-0.1, -0.05) is 204 Å². The van der Waals surface area contributed by atoms with E-state index in [9.17, 15) is 9.59 Å². The van der Waals surface area contributed by atoms with Gasteiger partial charge in [0.05, 0.1) is 6.61 Å². The lowest BCUT2D eigenvalue weighted by atomic mass is 10.1. The zero-order valence-corrected chi connectivity index (χ0v) is 38.6. The van der Waals surface area contributed by atoms with E-state index in [1.807, 2.05) is 0 Å². The number of unbranched alkanes of at least 4 members (excludes halogenated alkanes) is 24. The van der Waals surface area contributed by atoms with E-state index in [1.165, 1.54) is 128 Å². The molecule has 0 heterocycles. The maximum absolute atomic E-state index is 12.7. The van der Waals surface area contributed by atoms with Gasteiger partial charge in [-0.3, -0.25) is 9.59 Å². The molecule has 0 aliphatic heterocycles. The average molecular weight is 811 g/mol. The molecule has 5 heteroatoms. The molecule has 336 valence electrons. The number of carbonyl (C=O) groups excluding carboxylic acids is 2. The van der Waals surface area contributed by atoms with Gasteiger partial charge in [0.1, 0.15) is 6.61 Å². The molecule has 0 bridgehead atoms. The minimum Gasteiger partial charge on any atom is -0.462 e. The van der Waals surface area contributed by atoms with Crippen LogP contribution in [0.2, 0.25) is 0 Å². The summed E-state index contributed by atoms with van der Waals surface area (Å²) in [5.41, 5.74) is 0. The van der Waals surface area contributed by atoms with Crippen molar-refractivity contribution in [2.24, 2.45) is 0 Å². The fraction of sp³-hybridized carbons (Fsp3) is 0.774. The molecule has 0 saturated carbocycles. The molecule has 58 heavy (non-hydrogen) atoms. The second-order valence-electron chi connectivity index (χ2n) is 16.3. The molecular weight excluding hydrogens is 717 g/mol. The van der Waals surface area contributed by atoms with Gasteiger partial charge in [0.15, 0.2) is 6.10 Å². The Kier molecular flexibility index (Phi) is 46.9. The van der Waals surface area contributed by atoms with Gasteiger partial charge in [-0.2, -0.15) is 0 Å². The topological polar surface area (TPSA) is 61.8 Å². The summed E-state index contributed by atoms with van der Waals surface area (Å²) in [5, 5.41) is 0. The first-order chi connectivity index (χ1) is 28.6. The van der Waals surface area contributed by atoms with E-state index in [4.69, 9.17) is 14.2 Å². The number of carbonyl (C=O) groups is 2. The predicted molar refractivity (Wildman–Crippen MR) is 251 cm³/mol. The molecule has 1 atom stereocenters. The van der Waals surface area contributed by atoms with Crippen molar-refractivity contribution in [3.8, 4) is 0 Å². The number of esters is 2. The number of hydrogen-bond donors (Lipinski definition) is 0. The molecule has 0 N–H and O–H groups in total. The van der Waals surface area contributed by atoms with Crippen LogP contribution in [0.1, 0.15) is 239 Å². The number of rotatable bonds is 45. The van der Waals surface area contributed by atoms with Gasteiger partial charge in [-0.25, -0.2) is 0 Å². The number of allylic oxidation sites excluding steroid dienone is 10. The van der Waals surface area contributed by atoms with Crippen molar-refractivity contribution in [1.29, 1.82) is 0 Å². The van der Waals surface area contributed by atoms with Gasteiger partial charge in [-0.05, 0) is 83.5 Å². The maximum atomic E-state index is 12.7. The highest BCUT2D eigenvalue weighted by Gasteiger charge is 2.17. The first kappa shape index (κ1) is 55.6. The Bertz CT molecular complexity index is 1010. The molecule has 0 aromatic heterocycles. The average Bonchev–Trinajstić information content (AvgIpc) is 3.22. The fourth-order valence-electron chi connectivity index (χ4n) is 6.85. The summed E-state index contributed by atoms with van der Waals surface area (Å²) in [6.07, 6.45) is 60.8. The Hall–Kier alpha value is -2.40. The van der Waals surface area contributed by atoms with Crippen LogP contribution in [0, 0.1) is 0 Å². The molecule has 0 rings (SSSR count). The van der Waals surface area contributed by atoms with Crippen LogP contribution >= 0.6 is 0 Å². The van der Waals surface area contributed by atoms with Gasteiger partial charge >= 0.3 is 11.9 Å². The van der Waals surface area contributed by atoms with Crippen LogP contribution < -0.4 is 0 Å². The van der Waals surface area contributed by atoms with Crippen molar-refractivity contribution < 1.29 is 23.8 Å². The normalized spacial score (nSPS) is 12.7. The van der Waals surface area contributed by atoms with E-state index in [-0.39, 0.29) is 25.2 Å². The molecule has 0 spiro atoms. The summed E-state index contributed by atoms with van der Waals surface area (Å²) >= 11 is 0. The van der Waals surface area contributed by atoms with E-state index in [0.717, 1.165) is 77.0 Å². The molecular formula is C53H94O5. The fourth-order valence-corrected chi connectivity index (χ4v) is 6.85. The zero-order chi connectivity index (χ0) is 42.1. The molecule has 5 nitrogen and oxygen atoms in total. The zero-order valence-electron chi connectivity index (χ0n) is 38.6. The monoisotopic (exact) mass is 811 g/mol. The molecule has 0 aliphatic rings. The summed E-state index contributed by atoms with van der Waals surface area (Å²) in [5.74, 6) is -0.418. The predicted octanol–water partition coefficient (Wildman–Crippen LogP) is 16.6. The molecule has 0 aromatic carbocycles. The van der Waals surface area contributed by atoms with Gasteiger partial charge in [0, 0.05) is 19.4 Å². The Morgan fingerprint density at radius 3 is 1.28 bits per heavy atom. The lowest BCUT2D eigenvalue weighted by Gasteiger charge is -2.18. The molecule has 0 aliphatic carbocycles. The van der Waals surface area contributed by atoms with E-state index in [1.54, 1.807) is 0 Å². The van der Waals surface area contributed by atoms with Crippen LogP contribution in [0.5, 0.6) is 0 Å². The van der Waals surface area contributed by atoms with Crippen LogP contribution in [0.4, 0.5) is 0 Å². The van der Waals surface area contributed by atoms with Crippen LogP contribution in [-0.4, -0.2) is 37.9 Å². The first-order valence-corrected chi connectivity index (χ1v) is 24.8. The number of ether oxygens (including phenoxy) is 3. The summed E-state index contributed by atoms with van der Waals surface area (Å²) in [6.45, 7) is 7.67. The Morgan fingerprint density at radius 1 is 0.397 bits per heavy atom. The van der Waals surface area contributed by atoms with Crippen molar-refractivity contribution in [3.05, 3.63) is 60.8 Å². The summed E-state index contributed by atoms with van der Waals surface area (Å²) < 4.78 is 17.3. The SMILES string of the molecule is CC/C=C\C/C=C\C/C=C\CCCCCCCC(=O)OC(COCCCCCCCCCC)COC(=O)CCCCCCCCCCC/C=C\C/C=C\CCCCC. The van der Waals surface area contributed by atoms with Crippen molar-refractivity contribution in [2.45, 2.75) is 245 Å². The van der Waals surface area contributed by atoms with Crippen LogP contribution in [0.15, 0.2) is 60.8 Å². The van der Waals surface area contributed by atoms with E-state index < -0.39 is 6.10 Å². The highest BCUT2D eigenvalue weighted by molar-refractivity contribution is 5.70. The highest BCUT2D eigenvalue weighted by Crippen LogP contribution is 2.14. The molecule has 0 saturated heterocycles. The second kappa shape index (κ2) is 49.0. The summed E-state index contributed by atoms with van der Waals surface area (Å²) in [7, 11) is 0. The maximum Gasteiger partial charge on any atom is 0.306 e. The lowest BCUT2D eigenvalue weighted by Crippen LogP contribution is -2.30. The second-order valence-corrected chi connectivity index (χ2v) is 16.3. The van der Waals surface area contributed by atoms with E-state index in [0.29, 0.717) is 19.4 Å². The third-order valence-corrected chi connectivity index (χ3v) is 10.5. The van der Waals surface area contributed by atoms with Gasteiger partial charge in [0.2, 0.25) is 0 Å². The van der Waals surface area contributed by atoms with Crippen molar-refractivity contribution in [2.75, 3.05) is 19.8 Å². The van der Waals surface area contributed by atoms with Gasteiger partial charge in [-0.15, -0.1) is 0 Å².